The first-order valence-corrected chi connectivity index (χ1v) is 11.9. The average molecular weight is 524 g/mol. The summed E-state index contributed by atoms with van der Waals surface area (Å²) in [5, 5.41) is 4.19. The zero-order valence-electron chi connectivity index (χ0n) is 18.7. The molecule has 6 heteroatoms. The summed E-state index contributed by atoms with van der Waals surface area (Å²) in [6.07, 6.45) is 0.417. The van der Waals surface area contributed by atoms with Gasteiger partial charge >= 0.3 is 67.6 Å². The number of carbonyl (C=O) groups is 1. The Bertz CT molecular complexity index is 950. The standard InChI is InChI=1S/C18H15P.C8H7O.3CO.Co/c1-4-10-16(11-5-1)19(17-12-6-2-7-13-17)18-14-8-3-9-15-18;9-7-6-8-4-2-1-3-5-8;3*1-2;/h1-15H;1-5H,6H2;;;;. The van der Waals surface area contributed by atoms with Crippen molar-refractivity contribution in [1.82, 2.24) is 0 Å². The van der Waals surface area contributed by atoms with Crippen LogP contribution in [0.3, 0.4) is 0 Å². The Morgan fingerprint density at radius 3 is 1.03 bits per heavy atom. The van der Waals surface area contributed by atoms with Gasteiger partial charge in [-0.25, -0.2) is 0 Å². The van der Waals surface area contributed by atoms with E-state index in [2.05, 4.69) is 127 Å². The van der Waals surface area contributed by atoms with E-state index in [0.717, 1.165) is 5.56 Å². The minimum Gasteiger partial charge on any atom is -0.281 e. The summed E-state index contributed by atoms with van der Waals surface area (Å²) in [6.45, 7) is 13.5. The fraction of sp³-hybridized carbons (Fsp3) is 0.0345. The summed E-state index contributed by atoms with van der Waals surface area (Å²) >= 11 is 3.72. The minimum absolute atomic E-state index is 0.0984. The van der Waals surface area contributed by atoms with Crippen LogP contribution < -0.4 is 15.9 Å². The molecule has 0 saturated carbocycles. The third-order valence-corrected chi connectivity index (χ3v) is 6.85. The van der Waals surface area contributed by atoms with E-state index in [1.54, 1.807) is 0 Å². The van der Waals surface area contributed by atoms with Crippen molar-refractivity contribution in [3.8, 4) is 0 Å². The maximum atomic E-state index is 10.5. The number of hydrogen-bond acceptors (Lipinski definition) is 4. The van der Waals surface area contributed by atoms with Gasteiger partial charge in [0.25, 0.3) is 20.4 Å². The predicted octanol–water partition coefficient (Wildman–Crippen LogP) is 3.56. The second kappa shape index (κ2) is 21.1. The second-order valence-electron chi connectivity index (χ2n) is 6.33. The molecule has 0 fully saturated rings. The van der Waals surface area contributed by atoms with Crippen LogP contribution >= 0.6 is 7.92 Å². The zero-order valence-corrected chi connectivity index (χ0v) is 20.6. The SMILES string of the molecule is O=[C]([Co])Cc1ccccc1.[C]=O.[C]=O.[C]=O.c1ccc(P(c2ccccc2)c2ccccc2)cc1. The number of benzene rings is 4. The largest absolute Gasteiger partial charge is 0.281 e. The quantitative estimate of drug-likeness (QED) is 0.375. The van der Waals surface area contributed by atoms with E-state index in [0.29, 0.717) is 6.42 Å². The summed E-state index contributed by atoms with van der Waals surface area (Å²) in [5.74, 6) is 0. The summed E-state index contributed by atoms with van der Waals surface area (Å²) in [6, 6.07) is 41.9. The van der Waals surface area contributed by atoms with Crippen LogP contribution in [0.1, 0.15) is 5.56 Å². The number of hydrogen-bond donors (Lipinski definition) is 0. The molecule has 0 bridgehead atoms. The van der Waals surface area contributed by atoms with Gasteiger partial charge in [0, 0.05) is 0 Å². The molecule has 4 aromatic carbocycles. The molecular formula is C29H22CoO4P. The second-order valence-corrected chi connectivity index (χ2v) is 9.14. The van der Waals surface area contributed by atoms with Crippen molar-refractivity contribution in [3.05, 3.63) is 127 Å². The monoisotopic (exact) mass is 524 g/mol. The van der Waals surface area contributed by atoms with Crippen LogP contribution in [0, 0.1) is 0 Å². The van der Waals surface area contributed by atoms with E-state index in [1.807, 2.05) is 30.3 Å². The van der Waals surface area contributed by atoms with Crippen molar-refractivity contribution in [2.75, 3.05) is 0 Å². The van der Waals surface area contributed by atoms with Gasteiger partial charge in [0.2, 0.25) is 0 Å². The van der Waals surface area contributed by atoms with Crippen LogP contribution in [0.2, 0.25) is 0 Å². The van der Waals surface area contributed by atoms with Gasteiger partial charge in [-0.05, 0) is 23.8 Å². The Morgan fingerprint density at radius 1 is 0.514 bits per heavy atom. The van der Waals surface area contributed by atoms with Crippen molar-refractivity contribution in [2.24, 2.45) is 0 Å². The molecule has 35 heavy (non-hydrogen) atoms. The van der Waals surface area contributed by atoms with Crippen LogP contribution in [0.15, 0.2) is 121 Å². The van der Waals surface area contributed by atoms with E-state index < -0.39 is 7.92 Å². The molecule has 0 aliphatic carbocycles. The average Bonchev–Trinajstić information content (AvgIpc) is 2.95. The predicted molar refractivity (Wildman–Crippen MR) is 137 cm³/mol. The van der Waals surface area contributed by atoms with E-state index >= 15 is 0 Å². The molecule has 0 aliphatic rings. The Balaban J connectivity index is 0.000000613. The van der Waals surface area contributed by atoms with Gasteiger partial charge in [-0.3, -0.25) is 14.4 Å². The molecule has 0 aromatic heterocycles. The number of carbonyl (C=O) groups excluding carboxylic acids is 4. The van der Waals surface area contributed by atoms with Crippen LogP contribution in [0.25, 0.3) is 0 Å². The summed E-state index contributed by atoms with van der Waals surface area (Å²) in [4.78, 5) is 33.0. The molecule has 0 atom stereocenters. The van der Waals surface area contributed by atoms with Crippen molar-refractivity contribution >= 4 is 48.9 Å². The molecule has 4 nitrogen and oxygen atoms in total. The van der Waals surface area contributed by atoms with Gasteiger partial charge in [0.15, 0.2) is 0 Å². The first-order valence-electron chi connectivity index (χ1n) is 10.0. The molecule has 6 radical (unpaired) electrons. The maximum absolute atomic E-state index is 10.5. The summed E-state index contributed by atoms with van der Waals surface area (Å²) in [7, 11) is -0.446. The van der Waals surface area contributed by atoms with Crippen molar-refractivity contribution in [2.45, 2.75) is 6.42 Å². The van der Waals surface area contributed by atoms with Crippen molar-refractivity contribution in [3.63, 3.8) is 0 Å². The molecule has 0 saturated heterocycles. The molecule has 4 aromatic rings. The molecule has 0 spiro atoms. The molecule has 4 rings (SSSR count). The topological polar surface area (TPSA) is 68.3 Å². The third kappa shape index (κ3) is 12.5. The smallest absolute Gasteiger partial charge is 0.281 e. The number of rotatable bonds is 5. The Kier molecular flexibility index (Phi) is 19.0. The van der Waals surface area contributed by atoms with E-state index in [4.69, 9.17) is 14.4 Å². The van der Waals surface area contributed by atoms with Crippen molar-refractivity contribution < 1.29 is 34.9 Å². The van der Waals surface area contributed by atoms with Crippen LogP contribution in [0.5, 0.6) is 0 Å². The van der Waals surface area contributed by atoms with Gasteiger partial charge in [-0.1, -0.05) is 91.0 Å². The molecule has 0 heterocycles. The van der Waals surface area contributed by atoms with Crippen LogP contribution in [-0.2, 0) is 41.3 Å². The van der Waals surface area contributed by atoms with E-state index in [9.17, 15) is 4.79 Å². The van der Waals surface area contributed by atoms with Crippen LogP contribution in [0.4, 0.5) is 0 Å². The first-order chi connectivity index (χ1) is 17.2. The van der Waals surface area contributed by atoms with Crippen molar-refractivity contribution in [1.29, 1.82) is 0 Å². The molecule has 0 unspecified atom stereocenters. The zero-order chi connectivity index (χ0) is 26.3. The molecule has 176 valence electrons. The van der Waals surface area contributed by atoms with Gasteiger partial charge in [-0.2, -0.15) is 0 Å². The summed E-state index contributed by atoms with van der Waals surface area (Å²) < 4.78 is -0.0984. The van der Waals surface area contributed by atoms with Gasteiger partial charge in [0.05, 0.1) is 0 Å². The van der Waals surface area contributed by atoms with Gasteiger partial charge in [-0.15, -0.1) is 0 Å². The Labute approximate surface area is 216 Å². The van der Waals surface area contributed by atoms with Gasteiger partial charge < -0.3 is 0 Å². The van der Waals surface area contributed by atoms with Gasteiger partial charge in [0.1, 0.15) is 0 Å². The van der Waals surface area contributed by atoms with Crippen LogP contribution in [-0.4, -0.2) is 25.1 Å². The minimum atomic E-state index is -0.446. The fourth-order valence-corrected chi connectivity index (χ4v) is 5.44. The van der Waals surface area contributed by atoms with E-state index in [1.165, 1.54) is 15.9 Å². The fourth-order valence-electron chi connectivity index (χ4n) is 2.93. The summed E-state index contributed by atoms with van der Waals surface area (Å²) in [5.41, 5.74) is 1.01. The Hall–Kier alpha value is -3.50. The molecule has 0 N–H and O–H groups in total. The third-order valence-electron chi connectivity index (χ3n) is 4.22. The molecule has 0 amide bonds. The molecule has 0 aliphatic heterocycles. The first kappa shape index (κ1) is 31.5. The Morgan fingerprint density at radius 2 is 0.771 bits per heavy atom. The van der Waals surface area contributed by atoms with E-state index in [-0.39, 0.29) is 4.72 Å². The normalized spacial score (nSPS) is 8.77. The molecular weight excluding hydrogens is 502 g/mol. The maximum Gasteiger partial charge on any atom is 0.281 e.